The topological polar surface area (TPSA) is 99.4 Å². The third-order valence-electron chi connectivity index (χ3n) is 4.38. The zero-order valence-electron chi connectivity index (χ0n) is 16.4. The second kappa shape index (κ2) is 7.88. The van der Waals surface area contributed by atoms with Crippen LogP contribution < -0.4 is 10.3 Å². The van der Waals surface area contributed by atoms with E-state index < -0.39 is 21.6 Å². The molecule has 2 heterocycles. The van der Waals surface area contributed by atoms with Gasteiger partial charge in [-0.05, 0) is 29.5 Å². The van der Waals surface area contributed by atoms with Crippen LogP contribution in [0.15, 0.2) is 51.5 Å². The van der Waals surface area contributed by atoms with Gasteiger partial charge in [0.1, 0.15) is 15.5 Å². The van der Waals surface area contributed by atoms with Gasteiger partial charge in [-0.2, -0.15) is 0 Å². The fraction of sp³-hybridized carbons (Fsp3) is 0.263. The van der Waals surface area contributed by atoms with Crippen molar-refractivity contribution in [2.75, 3.05) is 11.8 Å². The maximum Gasteiger partial charge on any atom is 0.349 e. The quantitative estimate of drug-likeness (QED) is 0.600. The molecular formula is C19H21N3O5S2. The largest absolute Gasteiger partial charge is 0.465 e. The fourth-order valence-corrected chi connectivity index (χ4v) is 5.59. The van der Waals surface area contributed by atoms with E-state index in [1.54, 1.807) is 36.0 Å². The van der Waals surface area contributed by atoms with Crippen LogP contribution in [-0.2, 0) is 21.8 Å². The Morgan fingerprint density at radius 3 is 2.41 bits per heavy atom. The number of thiophene rings is 1. The smallest absolute Gasteiger partial charge is 0.349 e. The van der Waals surface area contributed by atoms with Gasteiger partial charge in [0, 0.05) is 7.05 Å². The lowest BCUT2D eigenvalue weighted by Crippen LogP contribution is -2.23. The first-order valence-electron chi connectivity index (χ1n) is 8.75. The Hall–Kier alpha value is -2.85. The Morgan fingerprint density at radius 2 is 1.83 bits per heavy atom. The Bertz CT molecular complexity index is 1200. The number of esters is 1. The Labute approximate surface area is 172 Å². The van der Waals surface area contributed by atoms with Crippen LogP contribution in [0.2, 0.25) is 0 Å². The molecule has 0 aliphatic rings. The van der Waals surface area contributed by atoms with Crippen LogP contribution in [0.5, 0.6) is 0 Å². The van der Waals surface area contributed by atoms with Crippen LogP contribution in [0.4, 0.5) is 5.69 Å². The molecule has 0 radical (unpaired) electrons. The molecular weight excluding hydrogens is 414 g/mol. The number of hydrogen-bond donors (Lipinski definition) is 1. The van der Waals surface area contributed by atoms with Gasteiger partial charge in [-0.15, -0.1) is 11.3 Å². The first-order valence-corrected chi connectivity index (χ1v) is 11.1. The number of nitrogens with one attached hydrogen (secondary N) is 1. The first-order chi connectivity index (χ1) is 13.7. The molecule has 0 aliphatic heterocycles. The van der Waals surface area contributed by atoms with Crippen LogP contribution in [-0.4, -0.2) is 30.9 Å². The highest BCUT2D eigenvalue weighted by Crippen LogP contribution is 2.28. The second-order valence-corrected chi connectivity index (χ2v) is 9.17. The molecule has 3 rings (SSSR count). The minimum absolute atomic E-state index is 0.0478. The van der Waals surface area contributed by atoms with Gasteiger partial charge in [-0.1, -0.05) is 32.0 Å². The van der Waals surface area contributed by atoms with Crippen molar-refractivity contribution in [2.45, 2.75) is 24.7 Å². The molecule has 2 aromatic heterocycles. The average molecular weight is 436 g/mol. The van der Waals surface area contributed by atoms with Crippen molar-refractivity contribution in [3.63, 3.8) is 0 Å². The van der Waals surface area contributed by atoms with E-state index in [2.05, 4.69) is 9.46 Å². The number of rotatable bonds is 6. The number of para-hydroxylation sites is 1. The summed E-state index contributed by atoms with van der Waals surface area (Å²) in [7, 11) is -1.31. The van der Waals surface area contributed by atoms with E-state index in [0.29, 0.717) is 11.4 Å². The Kier molecular flexibility index (Phi) is 5.67. The third-order valence-corrected chi connectivity index (χ3v) is 6.80. The van der Waals surface area contributed by atoms with E-state index >= 15 is 0 Å². The number of benzene rings is 1. The van der Waals surface area contributed by atoms with E-state index in [4.69, 9.17) is 0 Å². The second-order valence-electron chi connectivity index (χ2n) is 6.60. The van der Waals surface area contributed by atoms with Crippen LogP contribution in [0.1, 0.15) is 35.1 Å². The molecule has 10 heteroatoms. The monoisotopic (exact) mass is 435 g/mol. The van der Waals surface area contributed by atoms with Crippen molar-refractivity contribution < 1.29 is 17.9 Å². The molecule has 0 unspecified atom stereocenters. The Morgan fingerprint density at radius 1 is 1.17 bits per heavy atom. The predicted octanol–water partition coefficient (Wildman–Crippen LogP) is 2.95. The van der Waals surface area contributed by atoms with Gasteiger partial charge >= 0.3 is 5.97 Å². The molecule has 0 saturated carbocycles. The molecule has 29 heavy (non-hydrogen) atoms. The lowest BCUT2D eigenvalue weighted by molar-refractivity contribution is 0.0602. The van der Waals surface area contributed by atoms with Gasteiger partial charge < -0.3 is 4.74 Å². The first kappa shape index (κ1) is 20.9. The van der Waals surface area contributed by atoms with Crippen LogP contribution >= 0.6 is 11.3 Å². The molecule has 0 bridgehead atoms. The fourth-order valence-electron chi connectivity index (χ4n) is 3.18. The SMILES string of the molecule is COC(=O)c1sccc1S(=O)(=O)Nc1c(C(C)C)n(C)n(-c2ccccc2)c1=O. The van der Waals surface area contributed by atoms with E-state index in [1.807, 2.05) is 19.9 Å². The predicted molar refractivity (Wildman–Crippen MR) is 112 cm³/mol. The van der Waals surface area contributed by atoms with Gasteiger partial charge in [-0.25, -0.2) is 17.9 Å². The van der Waals surface area contributed by atoms with Crippen molar-refractivity contribution >= 4 is 33.0 Å². The lowest BCUT2D eigenvalue weighted by atomic mass is 10.1. The minimum atomic E-state index is -4.19. The molecule has 0 spiro atoms. The maximum absolute atomic E-state index is 13.2. The summed E-state index contributed by atoms with van der Waals surface area (Å²) in [4.78, 5) is 24.8. The van der Waals surface area contributed by atoms with Crippen LogP contribution in [0.25, 0.3) is 5.69 Å². The van der Waals surface area contributed by atoms with E-state index in [9.17, 15) is 18.0 Å². The van der Waals surface area contributed by atoms with Gasteiger partial charge in [0.2, 0.25) is 0 Å². The highest BCUT2D eigenvalue weighted by molar-refractivity contribution is 7.93. The van der Waals surface area contributed by atoms with Gasteiger partial charge in [0.25, 0.3) is 15.6 Å². The molecule has 8 nitrogen and oxygen atoms in total. The van der Waals surface area contributed by atoms with Gasteiger partial charge in [0.15, 0.2) is 0 Å². The minimum Gasteiger partial charge on any atom is -0.465 e. The van der Waals surface area contributed by atoms with Gasteiger partial charge in [-0.3, -0.25) is 14.2 Å². The molecule has 3 aromatic rings. The normalized spacial score (nSPS) is 11.6. The average Bonchev–Trinajstić information content (AvgIpc) is 3.26. The molecule has 0 aliphatic carbocycles. The number of nitrogens with zero attached hydrogens (tertiary/aromatic N) is 2. The zero-order valence-corrected chi connectivity index (χ0v) is 18.0. The Balaban J connectivity index is 2.16. The van der Waals surface area contributed by atoms with E-state index in [1.165, 1.54) is 23.2 Å². The van der Waals surface area contributed by atoms with Gasteiger partial charge in [0.05, 0.1) is 18.5 Å². The lowest BCUT2D eigenvalue weighted by Gasteiger charge is -2.13. The summed E-state index contributed by atoms with van der Waals surface area (Å²) < 4.78 is 36.1. The number of hydrogen-bond acceptors (Lipinski definition) is 6. The number of sulfonamides is 1. The third kappa shape index (κ3) is 3.73. The number of ether oxygens (including phenoxy) is 1. The molecule has 154 valence electrons. The van der Waals surface area contributed by atoms with Crippen molar-refractivity contribution in [3.05, 3.63) is 62.7 Å². The van der Waals surface area contributed by atoms with Crippen LogP contribution in [0, 0.1) is 0 Å². The summed E-state index contributed by atoms with van der Waals surface area (Å²) in [6, 6.07) is 10.3. The summed E-state index contributed by atoms with van der Waals surface area (Å²) in [5.74, 6) is -0.892. The summed E-state index contributed by atoms with van der Waals surface area (Å²) in [5.41, 5.74) is 0.588. The molecule has 1 aromatic carbocycles. The number of aromatic nitrogens is 2. The van der Waals surface area contributed by atoms with Crippen molar-refractivity contribution in [2.24, 2.45) is 7.05 Å². The number of carbonyl (C=O) groups is 1. The highest BCUT2D eigenvalue weighted by Gasteiger charge is 2.29. The summed E-state index contributed by atoms with van der Waals surface area (Å²) in [6.45, 7) is 3.73. The van der Waals surface area contributed by atoms with E-state index in [0.717, 1.165) is 11.3 Å². The maximum atomic E-state index is 13.2. The van der Waals surface area contributed by atoms with Crippen molar-refractivity contribution in [1.82, 2.24) is 9.36 Å². The standard InChI is InChI=1S/C19H21N3O5S2/c1-12(2)16-15(18(23)22(21(16)3)13-8-6-5-7-9-13)20-29(25,26)14-10-11-28-17(14)19(24)27-4/h5-12,20H,1-4H3. The molecule has 0 fully saturated rings. The van der Waals surface area contributed by atoms with Crippen molar-refractivity contribution in [1.29, 1.82) is 0 Å². The van der Waals surface area contributed by atoms with Crippen molar-refractivity contribution in [3.8, 4) is 5.69 Å². The summed E-state index contributed by atoms with van der Waals surface area (Å²) >= 11 is 0.957. The molecule has 0 amide bonds. The molecule has 0 atom stereocenters. The highest BCUT2D eigenvalue weighted by atomic mass is 32.2. The molecule has 1 N–H and O–H groups in total. The summed E-state index contributed by atoms with van der Waals surface area (Å²) in [6.07, 6.45) is 0. The summed E-state index contributed by atoms with van der Waals surface area (Å²) in [5, 5.41) is 1.48. The number of anilines is 1. The number of carbonyl (C=O) groups excluding carboxylic acids is 1. The zero-order chi connectivity index (χ0) is 21.3. The van der Waals surface area contributed by atoms with E-state index in [-0.39, 0.29) is 21.4 Å². The van der Waals surface area contributed by atoms with Crippen LogP contribution in [0.3, 0.4) is 0 Å². The molecule has 0 saturated heterocycles. The number of methoxy groups -OCH3 is 1.